The molecule has 1 amide bonds. The lowest BCUT2D eigenvalue weighted by molar-refractivity contribution is -0.131. The number of halogens is 3. The number of benzene rings is 3. The molecule has 0 saturated heterocycles. The summed E-state index contributed by atoms with van der Waals surface area (Å²) in [5, 5.41) is 1.81. The van der Waals surface area contributed by atoms with Gasteiger partial charge >= 0.3 is 16.1 Å². The van der Waals surface area contributed by atoms with Gasteiger partial charge in [-0.2, -0.15) is 25.3 Å². The predicted octanol–water partition coefficient (Wildman–Crippen LogP) is 7.20. The second-order valence-corrected chi connectivity index (χ2v) is 24.6. The molecule has 23 heteroatoms. The highest BCUT2D eigenvalue weighted by Crippen LogP contribution is 2.57. The Labute approximate surface area is 404 Å². The van der Waals surface area contributed by atoms with E-state index in [2.05, 4.69) is 12.2 Å². The maximum absolute atomic E-state index is 14.0. The highest BCUT2D eigenvalue weighted by atomic mass is 35.5. The van der Waals surface area contributed by atoms with Gasteiger partial charge in [0.15, 0.2) is 27.7 Å². The van der Waals surface area contributed by atoms with E-state index in [-0.39, 0.29) is 71.5 Å². The summed E-state index contributed by atoms with van der Waals surface area (Å²) in [6.07, 6.45) is 4.15. The standard InChI is InChI=1S/C43H52Cl3N3O13S4/c1-10-11-12-13-14-47-28(51)19-63-39-31(44)30(38(61-22(3)50)32(45)33(39)46)29-26-15-24-21(2)17-42(4,5)48(8)34(24)40(65(55,56)57)36(26)62-37-27(29)16-25-23(20-64(52,53)54)18-43(6,7)49(9)35(25)41(37)66(58,59)60/h15-16,21,23H,10-14,17-20H2,1-9H3,(H3-,47,51,52,53,54,55,56,57,58,59,60)/p+1. The molecule has 0 spiro atoms. The van der Waals surface area contributed by atoms with Crippen LogP contribution in [0.1, 0.15) is 121 Å². The van der Waals surface area contributed by atoms with Gasteiger partial charge in [0, 0.05) is 70.8 Å². The Balaban J connectivity index is 1.88. The molecule has 6 rings (SSSR count). The van der Waals surface area contributed by atoms with Gasteiger partial charge in [-0.1, -0.05) is 67.9 Å². The lowest BCUT2D eigenvalue weighted by Crippen LogP contribution is -2.52. The van der Waals surface area contributed by atoms with E-state index in [0.717, 1.165) is 44.4 Å². The fraction of sp³-hybridized carbons (Fsp3) is 0.512. The fourth-order valence-electron chi connectivity index (χ4n) is 9.28. The van der Waals surface area contributed by atoms with Crippen molar-refractivity contribution in [1.82, 2.24) is 9.89 Å². The molecule has 66 heavy (non-hydrogen) atoms. The van der Waals surface area contributed by atoms with Crippen LogP contribution in [0.3, 0.4) is 0 Å². The number of hydrogen-bond donors (Lipinski definition) is 4. The number of hydrogen-bond acceptors (Lipinski definition) is 12. The van der Waals surface area contributed by atoms with Crippen molar-refractivity contribution < 1.29 is 58.0 Å². The van der Waals surface area contributed by atoms with E-state index in [0.29, 0.717) is 18.5 Å². The van der Waals surface area contributed by atoms with Gasteiger partial charge in [-0.25, -0.2) is 4.58 Å². The number of carbonyl (C=O) groups is 2. The van der Waals surface area contributed by atoms with E-state index in [1.165, 1.54) is 18.0 Å². The zero-order chi connectivity index (χ0) is 49.4. The van der Waals surface area contributed by atoms with Gasteiger partial charge in [-0.3, -0.25) is 23.2 Å². The van der Waals surface area contributed by atoms with Crippen LogP contribution < -0.4 is 34.8 Å². The number of esters is 1. The van der Waals surface area contributed by atoms with E-state index < -0.39 is 97.1 Å². The first-order chi connectivity index (χ1) is 30.3. The Hall–Kier alpha value is -3.18. The zero-order valence-electron chi connectivity index (χ0n) is 37.8. The van der Waals surface area contributed by atoms with Crippen LogP contribution in [0.4, 0.5) is 5.69 Å². The molecular weight excluding hydrogens is 1000 g/mol. The lowest BCUT2D eigenvalue weighted by atomic mass is 9.78. The summed E-state index contributed by atoms with van der Waals surface area (Å²) in [6.45, 7) is 12.5. The molecule has 0 fully saturated rings. The van der Waals surface area contributed by atoms with E-state index >= 15 is 0 Å². The summed E-state index contributed by atoms with van der Waals surface area (Å²) in [6, 6.07) is 2.94. The predicted molar refractivity (Wildman–Crippen MR) is 255 cm³/mol. The molecule has 3 aliphatic heterocycles. The largest absolute Gasteiger partial charge is 0.453 e. The molecule has 2 atom stereocenters. The fourth-order valence-corrected chi connectivity index (χ4v) is 13.8. The number of unbranched alkanes of at least 4 members (excludes halogenated alkanes) is 3. The molecular formula is C43H53Cl3N3O13S4+. The molecule has 3 aromatic carbocycles. The Bertz CT molecular complexity index is 3050. The molecule has 2 unspecified atom stereocenters. The maximum atomic E-state index is 14.0. The number of carbonyl (C=O) groups excluding carboxylic acids is 2. The van der Waals surface area contributed by atoms with Crippen LogP contribution >= 0.6 is 46.6 Å². The van der Waals surface area contributed by atoms with E-state index in [1.807, 2.05) is 20.8 Å². The Morgan fingerprint density at radius 3 is 2.14 bits per heavy atom. The molecule has 3 heterocycles. The van der Waals surface area contributed by atoms with Gasteiger partial charge in [0.1, 0.15) is 12.1 Å². The summed E-state index contributed by atoms with van der Waals surface area (Å²) in [7, 11) is -12.4. The number of rotatable bonds is 14. The van der Waals surface area contributed by atoms with E-state index in [4.69, 9.17) is 44.3 Å². The van der Waals surface area contributed by atoms with Gasteiger partial charge in [0.05, 0.1) is 27.2 Å². The van der Waals surface area contributed by atoms with Crippen LogP contribution in [0.2, 0.25) is 15.1 Å². The van der Waals surface area contributed by atoms with Crippen LogP contribution in [-0.2, 0) is 39.9 Å². The smallest absolute Gasteiger partial charge is 0.308 e. The molecule has 362 valence electrons. The van der Waals surface area contributed by atoms with Crippen molar-refractivity contribution in [3.05, 3.63) is 60.0 Å². The second kappa shape index (κ2) is 18.6. The molecule has 3 aromatic rings. The first-order valence-electron chi connectivity index (χ1n) is 21.0. The minimum Gasteiger partial charge on any atom is -0.453 e. The van der Waals surface area contributed by atoms with Gasteiger partial charge < -0.3 is 19.7 Å². The molecule has 3 aliphatic rings. The lowest BCUT2D eigenvalue weighted by Gasteiger charge is -2.47. The normalized spacial score (nSPS) is 18.7. The molecule has 0 bridgehead atoms. The molecule has 0 saturated carbocycles. The number of amides is 1. The van der Waals surface area contributed by atoms with Crippen molar-refractivity contribution >= 4 is 100 Å². The third-order valence-electron chi connectivity index (χ3n) is 12.6. The van der Waals surface area contributed by atoms with Crippen molar-refractivity contribution in [3.8, 4) is 17.2 Å². The number of anilines is 1. The van der Waals surface area contributed by atoms with Crippen LogP contribution in [0, 0.1) is 0 Å². The Morgan fingerprint density at radius 2 is 1.56 bits per heavy atom. The summed E-state index contributed by atoms with van der Waals surface area (Å²) < 4.78 is 128. The molecule has 0 aliphatic carbocycles. The first kappa shape index (κ1) is 52.2. The quantitative estimate of drug-likeness (QED) is 0.0186. The average molecular weight is 1050 g/mol. The molecule has 16 nitrogen and oxygen atoms in total. The monoisotopic (exact) mass is 1050 g/mol. The number of fused-ring (bicyclic) bond motifs is 4. The summed E-state index contributed by atoms with van der Waals surface area (Å²) >= 11 is 22.1. The van der Waals surface area contributed by atoms with Crippen LogP contribution in [0.5, 0.6) is 17.2 Å². The number of ether oxygens (including phenoxy) is 2. The summed E-state index contributed by atoms with van der Waals surface area (Å²) in [5.41, 5.74) is -2.31. The van der Waals surface area contributed by atoms with Crippen LogP contribution in [0.15, 0.2) is 26.8 Å². The molecule has 0 aromatic heterocycles. The minimum atomic E-state index is -5.47. The molecule has 4 N–H and O–H groups in total. The van der Waals surface area contributed by atoms with Gasteiger partial charge in [-0.05, 0) is 64.2 Å². The number of nitrogens with one attached hydrogen (secondary N) is 1. The highest BCUT2D eigenvalue weighted by Gasteiger charge is 2.47. The maximum Gasteiger partial charge on any atom is 0.308 e. The zero-order valence-corrected chi connectivity index (χ0v) is 43.3. The topological polar surface area (TPSA) is 234 Å². The number of nitrogens with zero attached hydrogens (tertiary/aromatic N) is 2. The van der Waals surface area contributed by atoms with Gasteiger partial charge in [-0.15, -0.1) is 11.8 Å². The SMILES string of the molecule is CCCCCCNC(=O)CSc1c(Cl)c(Cl)c(OC(C)=O)c(C2=c3cc4c(c(S(=O)(=O)O)c3Oc3c2cc2c(c3S(=O)(=O)O)N(C)C(C)(C)CC2CS(=O)(=O)O)=[N+](C)C(C)(C)CC4C)c1Cl. The highest BCUT2D eigenvalue weighted by molar-refractivity contribution is 8.00. The van der Waals surface area contributed by atoms with Crippen molar-refractivity contribution in [1.29, 1.82) is 0 Å². The van der Waals surface area contributed by atoms with Crippen LogP contribution in [0.25, 0.3) is 5.57 Å². The Morgan fingerprint density at radius 1 is 0.924 bits per heavy atom. The average Bonchev–Trinajstić information content (AvgIpc) is 3.17. The number of thioether (sulfide) groups is 1. The van der Waals surface area contributed by atoms with E-state index in [9.17, 15) is 48.5 Å². The minimum absolute atomic E-state index is 0.000953. The third-order valence-corrected chi connectivity index (χ3v) is 17.7. The first-order valence-corrected chi connectivity index (χ1v) is 27.6. The van der Waals surface area contributed by atoms with E-state index in [1.54, 1.807) is 31.5 Å². The van der Waals surface area contributed by atoms with Gasteiger partial charge in [0.2, 0.25) is 16.2 Å². The van der Waals surface area contributed by atoms with Gasteiger partial charge in [0.25, 0.3) is 20.2 Å². The third kappa shape index (κ3) is 9.96. The Kier molecular flexibility index (Phi) is 14.7. The summed E-state index contributed by atoms with van der Waals surface area (Å²) in [5.74, 6) is -5.74. The van der Waals surface area contributed by atoms with Crippen LogP contribution in [-0.4, -0.2) is 94.0 Å². The molecule has 0 radical (unpaired) electrons. The van der Waals surface area contributed by atoms with Crippen molar-refractivity contribution in [2.75, 3.05) is 37.0 Å². The summed E-state index contributed by atoms with van der Waals surface area (Å²) in [4.78, 5) is 25.9. The van der Waals surface area contributed by atoms with Crippen molar-refractivity contribution in [2.45, 2.75) is 125 Å². The van der Waals surface area contributed by atoms with Crippen molar-refractivity contribution in [3.63, 3.8) is 0 Å². The van der Waals surface area contributed by atoms with Crippen molar-refractivity contribution in [2.24, 2.45) is 0 Å². The second-order valence-electron chi connectivity index (χ2n) is 18.2.